The number of rotatable bonds is 5. The fraction of sp³-hybridized carbons (Fsp3) is 0.429. The van der Waals surface area contributed by atoms with E-state index in [1.807, 2.05) is 0 Å². The summed E-state index contributed by atoms with van der Waals surface area (Å²) in [7, 11) is 0. The Labute approximate surface area is 133 Å². The second kappa shape index (κ2) is 6.79. The molecule has 0 aromatic heterocycles. The first-order chi connectivity index (χ1) is 9.25. The van der Waals surface area contributed by atoms with Crippen LogP contribution in [0.4, 0.5) is 0 Å². The summed E-state index contributed by atoms with van der Waals surface area (Å²) in [4.78, 5) is 24.1. The monoisotopic (exact) mass is 335 g/mol. The van der Waals surface area contributed by atoms with Crippen LogP contribution in [-0.2, 0) is 4.79 Å². The number of carbonyl (C=O) groups is 2. The van der Waals surface area contributed by atoms with Gasteiger partial charge in [0.05, 0.1) is 11.4 Å². The lowest BCUT2D eigenvalue weighted by molar-refractivity contribution is -0.122. The molecule has 3 nitrogen and oxygen atoms in total. The third-order valence-electron chi connectivity index (χ3n) is 3.38. The highest BCUT2D eigenvalue weighted by molar-refractivity contribution is 6.36. The van der Waals surface area contributed by atoms with Crippen molar-refractivity contribution < 1.29 is 9.59 Å². The Bertz CT molecular complexity index is 522. The number of nitrogens with one attached hydrogen (secondary N) is 1. The van der Waals surface area contributed by atoms with Crippen molar-refractivity contribution in [2.45, 2.75) is 32.7 Å². The van der Waals surface area contributed by atoms with Gasteiger partial charge in [-0.2, -0.15) is 0 Å². The standard InChI is InChI=1S/C14H16Cl3NO2/c1-4-14(3,12(19)7-15)18-13(20)9-5-10(16)8(2)11(17)6-9/h5-6H,4,7H2,1-3H3,(H,18,20)/t14-/m0/s1. The molecular formula is C14H16Cl3NO2. The van der Waals surface area contributed by atoms with E-state index < -0.39 is 11.4 Å². The quantitative estimate of drug-likeness (QED) is 0.826. The third kappa shape index (κ3) is 3.66. The van der Waals surface area contributed by atoms with Crippen LogP contribution in [0.1, 0.15) is 36.2 Å². The topological polar surface area (TPSA) is 46.2 Å². The van der Waals surface area contributed by atoms with Gasteiger partial charge >= 0.3 is 0 Å². The lowest BCUT2D eigenvalue weighted by Gasteiger charge is -2.27. The number of amides is 1. The normalized spacial score (nSPS) is 13.7. The van der Waals surface area contributed by atoms with E-state index >= 15 is 0 Å². The highest BCUT2D eigenvalue weighted by atomic mass is 35.5. The zero-order valence-corrected chi connectivity index (χ0v) is 13.8. The van der Waals surface area contributed by atoms with Gasteiger partial charge in [-0.15, -0.1) is 11.6 Å². The largest absolute Gasteiger partial charge is 0.340 e. The van der Waals surface area contributed by atoms with E-state index in [-0.39, 0.29) is 11.7 Å². The molecule has 0 aliphatic heterocycles. The highest BCUT2D eigenvalue weighted by Gasteiger charge is 2.32. The van der Waals surface area contributed by atoms with Crippen molar-refractivity contribution in [1.82, 2.24) is 5.32 Å². The first-order valence-electron chi connectivity index (χ1n) is 6.12. The van der Waals surface area contributed by atoms with E-state index in [1.165, 1.54) is 12.1 Å². The van der Waals surface area contributed by atoms with Gasteiger partial charge in [-0.05, 0) is 38.0 Å². The number of halogens is 3. The van der Waals surface area contributed by atoms with Gasteiger partial charge < -0.3 is 5.32 Å². The second-order valence-electron chi connectivity index (χ2n) is 4.76. The Balaban J connectivity index is 3.05. The van der Waals surface area contributed by atoms with Crippen LogP contribution in [0, 0.1) is 6.92 Å². The number of hydrogen-bond acceptors (Lipinski definition) is 2. The molecule has 0 unspecified atom stereocenters. The van der Waals surface area contributed by atoms with Crippen molar-refractivity contribution in [3.63, 3.8) is 0 Å². The lowest BCUT2D eigenvalue weighted by Crippen LogP contribution is -2.52. The second-order valence-corrected chi connectivity index (χ2v) is 5.84. The van der Waals surface area contributed by atoms with E-state index in [0.29, 0.717) is 27.6 Å². The van der Waals surface area contributed by atoms with Crippen LogP contribution in [0.5, 0.6) is 0 Å². The molecule has 1 aromatic carbocycles. The molecule has 0 aliphatic carbocycles. The maximum Gasteiger partial charge on any atom is 0.252 e. The number of carbonyl (C=O) groups excluding carboxylic acids is 2. The van der Waals surface area contributed by atoms with Crippen LogP contribution in [0.2, 0.25) is 10.0 Å². The van der Waals surface area contributed by atoms with Gasteiger partial charge in [-0.3, -0.25) is 9.59 Å². The van der Waals surface area contributed by atoms with E-state index in [2.05, 4.69) is 5.32 Å². The molecule has 1 amide bonds. The molecule has 20 heavy (non-hydrogen) atoms. The Morgan fingerprint density at radius 3 is 2.15 bits per heavy atom. The minimum absolute atomic E-state index is 0.153. The smallest absolute Gasteiger partial charge is 0.252 e. The molecule has 1 rings (SSSR count). The lowest BCUT2D eigenvalue weighted by atomic mass is 9.93. The number of ketones is 1. The Kier molecular flexibility index (Phi) is 5.87. The minimum Gasteiger partial charge on any atom is -0.340 e. The molecule has 110 valence electrons. The molecule has 0 radical (unpaired) electrons. The molecule has 0 heterocycles. The summed E-state index contributed by atoms with van der Waals surface area (Å²) in [6.45, 7) is 5.21. The molecule has 0 spiro atoms. The predicted molar refractivity (Wildman–Crippen MR) is 83.1 cm³/mol. The Hall–Kier alpha value is -0.770. The molecule has 1 N–H and O–H groups in total. The van der Waals surface area contributed by atoms with E-state index in [1.54, 1.807) is 20.8 Å². The SMILES string of the molecule is CC[C@](C)(NC(=O)c1cc(Cl)c(C)c(Cl)c1)C(=O)CCl. The summed E-state index contributed by atoms with van der Waals surface area (Å²) < 4.78 is 0. The average Bonchev–Trinajstić information content (AvgIpc) is 2.42. The third-order valence-corrected chi connectivity index (χ3v) is 4.40. The van der Waals surface area contributed by atoms with Gasteiger partial charge in [0.2, 0.25) is 0 Å². The van der Waals surface area contributed by atoms with Crippen molar-refractivity contribution >= 4 is 46.5 Å². The predicted octanol–water partition coefficient (Wildman–Crippen LogP) is 4.01. The van der Waals surface area contributed by atoms with Crippen molar-refractivity contribution in [3.8, 4) is 0 Å². The van der Waals surface area contributed by atoms with Gasteiger partial charge in [0.25, 0.3) is 5.91 Å². The van der Waals surface area contributed by atoms with E-state index in [9.17, 15) is 9.59 Å². The molecule has 6 heteroatoms. The number of benzene rings is 1. The van der Waals surface area contributed by atoms with Crippen LogP contribution < -0.4 is 5.32 Å². The van der Waals surface area contributed by atoms with Gasteiger partial charge in [0.1, 0.15) is 0 Å². The van der Waals surface area contributed by atoms with Crippen molar-refractivity contribution in [1.29, 1.82) is 0 Å². The van der Waals surface area contributed by atoms with Crippen LogP contribution in [0.25, 0.3) is 0 Å². The van der Waals surface area contributed by atoms with E-state index in [4.69, 9.17) is 34.8 Å². The Morgan fingerprint density at radius 1 is 1.25 bits per heavy atom. The van der Waals surface area contributed by atoms with Gasteiger partial charge in [-0.25, -0.2) is 0 Å². The molecule has 0 saturated heterocycles. The maximum absolute atomic E-state index is 12.2. The van der Waals surface area contributed by atoms with Crippen molar-refractivity contribution in [2.75, 3.05) is 5.88 Å². The first kappa shape index (κ1) is 17.3. The minimum atomic E-state index is -0.997. The molecule has 1 atom stereocenters. The number of Topliss-reactive ketones (excluding diaryl/α,β-unsaturated/α-hetero) is 1. The molecule has 1 aromatic rings. The summed E-state index contributed by atoms with van der Waals surface area (Å²) in [5.41, 5.74) is 0.0236. The van der Waals surface area contributed by atoms with Crippen LogP contribution in [0.15, 0.2) is 12.1 Å². The van der Waals surface area contributed by atoms with Crippen LogP contribution in [-0.4, -0.2) is 23.1 Å². The van der Waals surface area contributed by atoms with Crippen LogP contribution >= 0.6 is 34.8 Å². The molecular weight excluding hydrogens is 321 g/mol. The summed E-state index contributed by atoms with van der Waals surface area (Å²) in [6, 6.07) is 3.05. The molecule has 0 saturated carbocycles. The summed E-state index contributed by atoms with van der Waals surface area (Å²) in [6.07, 6.45) is 0.442. The first-order valence-corrected chi connectivity index (χ1v) is 7.41. The zero-order chi connectivity index (χ0) is 15.5. The van der Waals surface area contributed by atoms with Gasteiger partial charge in [0.15, 0.2) is 5.78 Å². The molecule has 0 fully saturated rings. The van der Waals surface area contributed by atoms with Gasteiger partial charge in [0, 0.05) is 15.6 Å². The van der Waals surface area contributed by atoms with Crippen molar-refractivity contribution in [3.05, 3.63) is 33.3 Å². The zero-order valence-electron chi connectivity index (χ0n) is 11.5. The van der Waals surface area contributed by atoms with E-state index in [0.717, 1.165) is 0 Å². The number of hydrogen-bond donors (Lipinski definition) is 1. The number of alkyl halides is 1. The maximum atomic E-state index is 12.2. The highest BCUT2D eigenvalue weighted by Crippen LogP contribution is 2.26. The molecule has 0 aliphatic rings. The summed E-state index contributed by atoms with van der Waals surface area (Å²) in [5, 5.41) is 3.51. The average molecular weight is 337 g/mol. The summed E-state index contributed by atoms with van der Waals surface area (Å²) >= 11 is 17.6. The van der Waals surface area contributed by atoms with Crippen molar-refractivity contribution in [2.24, 2.45) is 0 Å². The Morgan fingerprint density at radius 2 is 1.75 bits per heavy atom. The fourth-order valence-electron chi connectivity index (χ4n) is 1.60. The van der Waals surface area contributed by atoms with Gasteiger partial charge in [-0.1, -0.05) is 30.1 Å². The summed E-state index contributed by atoms with van der Waals surface area (Å²) in [5.74, 6) is -0.795. The van der Waals surface area contributed by atoms with Crippen LogP contribution in [0.3, 0.4) is 0 Å². The molecule has 0 bridgehead atoms. The fourth-order valence-corrected chi connectivity index (χ4v) is 2.38.